The highest BCUT2D eigenvalue weighted by molar-refractivity contribution is 5.17. The maximum Gasteiger partial charge on any atom is 0.408 e. The number of alkyl halides is 3. The fourth-order valence-electron chi connectivity index (χ4n) is 1.65. The Morgan fingerprint density at radius 2 is 1.94 bits per heavy atom. The van der Waals surface area contributed by atoms with Crippen LogP contribution in [0.1, 0.15) is 31.5 Å². The molecule has 1 aromatic rings. The first kappa shape index (κ1) is 13.8. The van der Waals surface area contributed by atoms with Crippen LogP contribution < -0.4 is 10.9 Å². The molecule has 17 heavy (non-hydrogen) atoms. The molecule has 0 saturated heterocycles. The number of halogens is 3. The van der Waals surface area contributed by atoms with Crippen LogP contribution in [-0.4, -0.2) is 17.8 Å². The van der Waals surface area contributed by atoms with E-state index in [9.17, 15) is 18.0 Å². The fraction of sp³-hybridized carbons (Fsp3) is 0.545. The van der Waals surface area contributed by atoms with Crippen LogP contribution in [0, 0.1) is 0 Å². The molecule has 0 saturated carbocycles. The topological polar surface area (TPSA) is 34.0 Å². The van der Waals surface area contributed by atoms with E-state index in [1.165, 1.54) is 29.9 Å². The van der Waals surface area contributed by atoms with Crippen molar-refractivity contribution in [1.29, 1.82) is 0 Å². The lowest BCUT2D eigenvalue weighted by atomic mass is 10.1. The standard InChI is InChI=1S/C11H15F3N2O/c1-7(2)16-6-4-5-8(10(16)17)9(15-3)11(12,13)14/h4-7,9,15H,1-3H3. The number of hydrogen-bond acceptors (Lipinski definition) is 2. The zero-order chi connectivity index (χ0) is 13.2. The highest BCUT2D eigenvalue weighted by Crippen LogP contribution is 2.30. The molecule has 3 nitrogen and oxygen atoms in total. The molecule has 0 spiro atoms. The van der Waals surface area contributed by atoms with Crippen LogP contribution in [0.3, 0.4) is 0 Å². The van der Waals surface area contributed by atoms with Gasteiger partial charge in [0.25, 0.3) is 5.56 Å². The molecule has 0 aliphatic heterocycles. The summed E-state index contributed by atoms with van der Waals surface area (Å²) in [5.74, 6) is 0. The Morgan fingerprint density at radius 3 is 2.35 bits per heavy atom. The minimum atomic E-state index is -4.48. The van der Waals surface area contributed by atoms with Gasteiger partial charge in [-0.15, -0.1) is 0 Å². The van der Waals surface area contributed by atoms with Crippen molar-refractivity contribution in [2.24, 2.45) is 0 Å². The Bertz CT molecular complexity index is 437. The minimum Gasteiger partial charge on any atom is -0.313 e. The normalized spacial score (nSPS) is 14.1. The summed E-state index contributed by atoms with van der Waals surface area (Å²) in [5, 5.41) is 2.13. The maximum atomic E-state index is 12.7. The molecule has 0 radical (unpaired) electrons. The molecule has 1 heterocycles. The van der Waals surface area contributed by atoms with Gasteiger partial charge in [0.2, 0.25) is 0 Å². The van der Waals surface area contributed by atoms with Gasteiger partial charge in [-0.2, -0.15) is 13.2 Å². The number of hydrogen-bond donors (Lipinski definition) is 1. The third-order valence-corrected chi connectivity index (χ3v) is 2.49. The zero-order valence-electron chi connectivity index (χ0n) is 9.88. The number of nitrogens with zero attached hydrogens (tertiary/aromatic N) is 1. The summed E-state index contributed by atoms with van der Waals surface area (Å²) in [6.45, 7) is 3.49. The van der Waals surface area contributed by atoms with E-state index in [4.69, 9.17) is 0 Å². The van der Waals surface area contributed by atoms with Crippen LogP contribution in [0.25, 0.3) is 0 Å². The van der Waals surface area contributed by atoms with E-state index in [0.717, 1.165) is 0 Å². The summed E-state index contributed by atoms with van der Waals surface area (Å²) in [7, 11) is 1.18. The van der Waals surface area contributed by atoms with Crippen LogP contribution in [0.2, 0.25) is 0 Å². The largest absolute Gasteiger partial charge is 0.408 e. The SMILES string of the molecule is CNC(c1cccn(C(C)C)c1=O)C(F)(F)F. The monoisotopic (exact) mass is 248 g/mol. The van der Waals surface area contributed by atoms with E-state index in [0.29, 0.717) is 0 Å². The van der Waals surface area contributed by atoms with Gasteiger partial charge in [0, 0.05) is 17.8 Å². The lowest BCUT2D eigenvalue weighted by molar-refractivity contribution is -0.156. The summed E-state index contributed by atoms with van der Waals surface area (Å²) in [6.07, 6.45) is -3.00. The van der Waals surface area contributed by atoms with Gasteiger partial charge >= 0.3 is 6.18 Å². The van der Waals surface area contributed by atoms with Gasteiger partial charge in [-0.25, -0.2) is 0 Å². The van der Waals surface area contributed by atoms with E-state index < -0.39 is 17.8 Å². The van der Waals surface area contributed by atoms with Crippen LogP contribution in [-0.2, 0) is 0 Å². The number of pyridine rings is 1. The summed E-state index contributed by atoms with van der Waals surface area (Å²) >= 11 is 0. The van der Waals surface area contributed by atoms with E-state index >= 15 is 0 Å². The van der Waals surface area contributed by atoms with Crippen molar-refractivity contribution < 1.29 is 13.2 Å². The third-order valence-electron chi connectivity index (χ3n) is 2.49. The van der Waals surface area contributed by atoms with Crippen molar-refractivity contribution in [3.05, 3.63) is 34.2 Å². The van der Waals surface area contributed by atoms with E-state index in [1.54, 1.807) is 13.8 Å². The van der Waals surface area contributed by atoms with Crippen LogP contribution >= 0.6 is 0 Å². The van der Waals surface area contributed by atoms with E-state index in [1.807, 2.05) is 0 Å². The average Bonchev–Trinajstić information content (AvgIpc) is 2.19. The zero-order valence-corrected chi connectivity index (χ0v) is 9.88. The van der Waals surface area contributed by atoms with Gasteiger partial charge in [-0.3, -0.25) is 4.79 Å². The number of rotatable bonds is 3. The molecular weight excluding hydrogens is 233 g/mol. The van der Waals surface area contributed by atoms with Gasteiger partial charge in [-0.05, 0) is 27.0 Å². The Kier molecular flexibility index (Phi) is 3.98. The molecule has 0 aliphatic carbocycles. The number of aromatic nitrogens is 1. The summed E-state index contributed by atoms with van der Waals surface area (Å²) < 4.78 is 39.4. The average molecular weight is 248 g/mol. The maximum absolute atomic E-state index is 12.7. The summed E-state index contributed by atoms with van der Waals surface area (Å²) in [4.78, 5) is 11.9. The molecule has 0 aromatic carbocycles. The van der Waals surface area contributed by atoms with Crippen molar-refractivity contribution in [2.45, 2.75) is 32.1 Å². The van der Waals surface area contributed by atoms with Crippen molar-refractivity contribution in [3.63, 3.8) is 0 Å². The van der Waals surface area contributed by atoms with Crippen molar-refractivity contribution in [3.8, 4) is 0 Å². The van der Waals surface area contributed by atoms with Crippen molar-refractivity contribution >= 4 is 0 Å². The van der Waals surface area contributed by atoms with Crippen LogP contribution in [0.5, 0.6) is 0 Å². The second kappa shape index (κ2) is 4.91. The first-order chi connectivity index (χ1) is 7.79. The van der Waals surface area contributed by atoms with Gasteiger partial charge < -0.3 is 9.88 Å². The Hall–Kier alpha value is -1.30. The van der Waals surface area contributed by atoms with Crippen LogP contribution in [0.4, 0.5) is 13.2 Å². The molecule has 0 amide bonds. The first-order valence-electron chi connectivity index (χ1n) is 5.24. The lowest BCUT2D eigenvalue weighted by Gasteiger charge is -2.20. The molecule has 0 fully saturated rings. The minimum absolute atomic E-state index is 0.173. The Labute approximate surface area is 97.3 Å². The first-order valence-corrected chi connectivity index (χ1v) is 5.24. The molecule has 96 valence electrons. The van der Waals surface area contributed by atoms with Crippen LogP contribution in [0.15, 0.2) is 23.1 Å². The Morgan fingerprint density at radius 1 is 1.35 bits per heavy atom. The van der Waals surface area contributed by atoms with E-state index in [2.05, 4.69) is 5.32 Å². The van der Waals surface area contributed by atoms with Gasteiger partial charge in [0.1, 0.15) is 6.04 Å². The lowest BCUT2D eigenvalue weighted by Crippen LogP contribution is -2.38. The van der Waals surface area contributed by atoms with Crippen molar-refractivity contribution in [2.75, 3.05) is 7.05 Å². The molecule has 0 bridgehead atoms. The second-order valence-electron chi connectivity index (χ2n) is 4.03. The molecule has 1 unspecified atom stereocenters. The molecule has 0 aliphatic rings. The quantitative estimate of drug-likeness (QED) is 0.890. The van der Waals surface area contributed by atoms with Crippen molar-refractivity contribution in [1.82, 2.24) is 9.88 Å². The summed E-state index contributed by atoms with van der Waals surface area (Å²) in [6, 6.07) is 0.553. The molecule has 1 rings (SSSR count). The molecular formula is C11H15F3N2O. The second-order valence-corrected chi connectivity index (χ2v) is 4.03. The van der Waals surface area contributed by atoms with Gasteiger partial charge in [0.15, 0.2) is 0 Å². The smallest absolute Gasteiger partial charge is 0.313 e. The Balaban J connectivity index is 3.32. The van der Waals surface area contributed by atoms with E-state index in [-0.39, 0.29) is 11.6 Å². The predicted molar refractivity (Wildman–Crippen MR) is 58.9 cm³/mol. The molecule has 1 aromatic heterocycles. The summed E-state index contributed by atoms with van der Waals surface area (Å²) in [5.41, 5.74) is -0.893. The predicted octanol–water partition coefficient (Wildman–Crippen LogP) is 2.25. The third kappa shape index (κ3) is 2.88. The molecule has 6 heteroatoms. The van der Waals surface area contributed by atoms with Gasteiger partial charge in [-0.1, -0.05) is 6.07 Å². The fourth-order valence-corrected chi connectivity index (χ4v) is 1.65. The molecule has 1 N–H and O–H groups in total. The van der Waals surface area contributed by atoms with Gasteiger partial charge in [0.05, 0.1) is 0 Å². The highest BCUT2D eigenvalue weighted by Gasteiger charge is 2.41. The highest BCUT2D eigenvalue weighted by atomic mass is 19.4. The molecule has 1 atom stereocenters. The number of nitrogens with one attached hydrogen (secondary N) is 1.